The lowest BCUT2D eigenvalue weighted by Gasteiger charge is -1.97. The Bertz CT molecular complexity index is 544. The van der Waals surface area contributed by atoms with Gasteiger partial charge in [0.15, 0.2) is 0 Å². The van der Waals surface area contributed by atoms with E-state index in [0.717, 1.165) is 12.0 Å². The van der Waals surface area contributed by atoms with Crippen LogP contribution in [0.4, 0.5) is 5.69 Å². The van der Waals surface area contributed by atoms with Crippen LogP contribution >= 0.6 is 0 Å². The fourth-order valence-electron chi connectivity index (χ4n) is 1.38. The number of carbonyl (C=O) groups is 1. The van der Waals surface area contributed by atoms with E-state index in [1.165, 1.54) is 0 Å². The number of aromatic hydroxyl groups is 1. The third kappa shape index (κ3) is 2.78. The molecule has 3 nitrogen and oxygen atoms in total. The van der Waals surface area contributed by atoms with Crippen molar-refractivity contribution in [2.75, 3.05) is 0 Å². The van der Waals surface area contributed by atoms with Gasteiger partial charge in [-0.25, -0.2) is 0 Å². The van der Waals surface area contributed by atoms with E-state index < -0.39 is 0 Å². The Morgan fingerprint density at radius 3 is 2.35 bits per heavy atom. The summed E-state index contributed by atoms with van der Waals surface area (Å²) in [4.78, 5) is 14.7. The Labute approximate surface area is 99.1 Å². The van der Waals surface area contributed by atoms with Crippen LogP contribution in [-0.2, 0) is 0 Å². The first kappa shape index (κ1) is 11.1. The molecule has 0 spiro atoms. The largest absolute Gasteiger partial charge is 0.507 e. The third-order valence-corrected chi connectivity index (χ3v) is 2.32. The minimum absolute atomic E-state index is 0.195. The van der Waals surface area contributed by atoms with Crippen molar-refractivity contribution in [1.82, 2.24) is 0 Å². The molecule has 2 aromatic carbocycles. The van der Waals surface area contributed by atoms with Gasteiger partial charge in [-0.2, -0.15) is 0 Å². The van der Waals surface area contributed by atoms with Gasteiger partial charge in [-0.1, -0.05) is 12.1 Å². The summed E-state index contributed by atoms with van der Waals surface area (Å²) in [5.41, 5.74) is 2.01. The number of rotatable bonds is 3. The SMILES string of the molecule is O=Cc1ccc(N=Cc2ccccc2O)cc1. The predicted molar refractivity (Wildman–Crippen MR) is 67.2 cm³/mol. The summed E-state index contributed by atoms with van der Waals surface area (Å²) in [6.07, 6.45) is 2.38. The average Bonchev–Trinajstić information content (AvgIpc) is 2.38. The Morgan fingerprint density at radius 2 is 1.71 bits per heavy atom. The molecule has 2 rings (SSSR count). The maximum atomic E-state index is 10.5. The van der Waals surface area contributed by atoms with Crippen LogP contribution in [0.5, 0.6) is 5.75 Å². The van der Waals surface area contributed by atoms with Gasteiger partial charge in [-0.3, -0.25) is 9.79 Å². The molecule has 0 aromatic heterocycles. The van der Waals surface area contributed by atoms with Crippen LogP contribution in [0.3, 0.4) is 0 Å². The first-order chi connectivity index (χ1) is 8.29. The standard InChI is InChI=1S/C14H11NO2/c16-10-11-5-7-13(8-6-11)15-9-12-3-1-2-4-14(12)17/h1-10,17H. The Morgan fingerprint density at radius 1 is 1.00 bits per heavy atom. The van der Waals surface area contributed by atoms with E-state index in [9.17, 15) is 9.90 Å². The first-order valence-corrected chi connectivity index (χ1v) is 5.17. The summed E-state index contributed by atoms with van der Waals surface area (Å²) in [6.45, 7) is 0. The van der Waals surface area contributed by atoms with Gasteiger partial charge in [0.25, 0.3) is 0 Å². The molecule has 0 aliphatic carbocycles. The number of para-hydroxylation sites is 1. The topological polar surface area (TPSA) is 49.7 Å². The van der Waals surface area contributed by atoms with E-state index >= 15 is 0 Å². The number of nitrogens with zero attached hydrogens (tertiary/aromatic N) is 1. The van der Waals surface area contributed by atoms with Gasteiger partial charge >= 0.3 is 0 Å². The normalized spacial score (nSPS) is 10.6. The van der Waals surface area contributed by atoms with Gasteiger partial charge < -0.3 is 5.11 Å². The summed E-state index contributed by atoms with van der Waals surface area (Å²) >= 11 is 0. The van der Waals surface area contributed by atoms with Crippen LogP contribution in [-0.4, -0.2) is 17.6 Å². The molecule has 0 heterocycles. The van der Waals surface area contributed by atoms with Crippen molar-refractivity contribution in [3.8, 4) is 5.75 Å². The Kier molecular flexibility index (Phi) is 3.31. The highest BCUT2D eigenvalue weighted by Gasteiger charge is 1.95. The van der Waals surface area contributed by atoms with E-state index in [1.807, 2.05) is 6.07 Å². The average molecular weight is 225 g/mol. The second-order valence-corrected chi connectivity index (χ2v) is 3.53. The number of hydrogen-bond acceptors (Lipinski definition) is 3. The van der Waals surface area contributed by atoms with Gasteiger partial charge in [0.2, 0.25) is 0 Å². The van der Waals surface area contributed by atoms with Gasteiger partial charge in [0.05, 0.1) is 5.69 Å². The molecular formula is C14H11NO2. The molecule has 84 valence electrons. The Balaban J connectivity index is 2.20. The molecule has 0 aliphatic heterocycles. The van der Waals surface area contributed by atoms with Crippen LogP contribution in [0.25, 0.3) is 0 Å². The molecule has 0 radical (unpaired) electrons. The molecule has 0 fully saturated rings. The number of aldehydes is 1. The molecule has 0 amide bonds. The quantitative estimate of drug-likeness (QED) is 0.645. The van der Waals surface area contributed by atoms with Crippen molar-refractivity contribution < 1.29 is 9.90 Å². The van der Waals surface area contributed by atoms with Crippen molar-refractivity contribution in [1.29, 1.82) is 0 Å². The lowest BCUT2D eigenvalue weighted by molar-refractivity contribution is 0.112. The molecule has 0 saturated carbocycles. The summed E-state index contributed by atoms with van der Waals surface area (Å²) in [7, 11) is 0. The van der Waals surface area contributed by atoms with Crippen LogP contribution in [0.1, 0.15) is 15.9 Å². The fourth-order valence-corrected chi connectivity index (χ4v) is 1.38. The zero-order chi connectivity index (χ0) is 12.1. The molecule has 0 bridgehead atoms. The van der Waals surface area contributed by atoms with E-state index in [4.69, 9.17) is 0 Å². The lowest BCUT2D eigenvalue weighted by atomic mass is 10.2. The zero-order valence-electron chi connectivity index (χ0n) is 9.08. The minimum atomic E-state index is 0.195. The smallest absolute Gasteiger partial charge is 0.150 e. The van der Waals surface area contributed by atoms with Crippen LogP contribution in [0.2, 0.25) is 0 Å². The zero-order valence-corrected chi connectivity index (χ0v) is 9.08. The molecule has 2 aromatic rings. The number of benzene rings is 2. The second kappa shape index (κ2) is 5.07. The van der Waals surface area contributed by atoms with Gasteiger partial charge in [0, 0.05) is 17.3 Å². The highest BCUT2D eigenvalue weighted by atomic mass is 16.3. The summed E-state index contributed by atoms with van der Waals surface area (Å²) in [6, 6.07) is 13.9. The summed E-state index contributed by atoms with van der Waals surface area (Å²) < 4.78 is 0. The number of carbonyl (C=O) groups excluding carboxylic acids is 1. The minimum Gasteiger partial charge on any atom is -0.507 e. The van der Waals surface area contributed by atoms with Gasteiger partial charge in [0.1, 0.15) is 12.0 Å². The second-order valence-electron chi connectivity index (χ2n) is 3.53. The highest BCUT2D eigenvalue weighted by molar-refractivity contribution is 5.85. The Hall–Kier alpha value is -2.42. The predicted octanol–water partition coefficient (Wildman–Crippen LogP) is 2.96. The van der Waals surface area contributed by atoms with Crippen LogP contribution < -0.4 is 0 Å². The van der Waals surface area contributed by atoms with Crippen molar-refractivity contribution in [3.05, 3.63) is 59.7 Å². The van der Waals surface area contributed by atoms with E-state index in [2.05, 4.69) is 4.99 Å². The summed E-state index contributed by atoms with van der Waals surface area (Å²) in [5.74, 6) is 0.195. The lowest BCUT2D eigenvalue weighted by Crippen LogP contribution is -1.81. The van der Waals surface area contributed by atoms with Crippen molar-refractivity contribution in [2.24, 2.45) is 4.99 Å². The first-order valence-electron chi connectivity index (χ1n) is 5.17. The van der Waals surface area contributed by atoms with E-state index in [0.29, 0.717) is 11.1 Å². The highest BCUT2D eigenvalue weighted by Crippen LogP contribution is 2.16. The number of phenols is 1. The summed E-state index contributed by atoms with van der Waals surface area (Å²) in [5, 5.41) is 9.53. The molecule has 0 unspecified atom stereocenters. The molecule has 17 heavy (non-hydrogen) atoms. The maximum Gasteiger partial charge on any atom is 0.150 e. The molecule has 1 N–H and O–H groups in total. The van der Waals surface area contributed by atoms with Crippen molar-refractivity contribution in [3.63, 3.8) is 0 Å². The molecule has 0 atom stereocenters. The van der Waals surface area contributed by atoms with E-state index in [1.54, 1.807) is 48.7 Å². The monoisotopic (exact) mass is 225 g/mol. The molecule has 0 aliphatic rings. The number of phenolic OH excluding ortho intramolecular Hbond substituents is 1. The van der Waals surface area contributed by atoms with Crippen molar-refractivity contribution in [2.45, 2.75) is 0 Å². The number of hydrogen-bond donors (Lipinski definition) is 1. The third-order valence-electron chi connectivity index (χ3n) is 2.32. The molecule has 0 saturated heterocycles. The molecular weight excluding hydrogens is 214 g/mol. The van der Waals surface area contributed by atoms with E-state index in [-0.39, 0.29) is 5.75 Å². The fraction of sp³-hybridized carbons (Fsp3) is 0. The number of aliphatic imine (C=N–C) groups is 1. The maximum absolute atomic E-state index is 10.5. The van der Waals surface area contributed by atoms with Gasteiger partial charge in [-0.05, 0) is 36.4 Å². The van der Waals surface area contributed by atoms with Crippen LogP contribution in [0, 0.1) is 0 Å². The van der Waals surface area contributed by atoms with Crippen molar-refractivity contribution >= 4 is 18.2 Å². The van der Waals surface area contributed by atoms with Gasteiger partial charge in [-0.15, -0.1) is 0 Å². The van der Waals surface area contributed by atoms with Crippen LogP contribution in [0.15, 0.2) is 53.5 Å². The molecule has 3 heteroatoms.